The van der Waals surface area contributed by atoms with E-state index in [9.17, 15) is 24.0 Å². The van der Waals surface area contributed by atoms with Crippen molar-refractivity contribution in [1.82, 2.24) is 0 Å². The van der Waals surface area contributed by atoms with E-state index in [1.807, 2.05) is 19.1 Å². The van der Waals surface area contributed by atoms with E-state index >= 15 is 4.39 Å². The molecule has 1 atom stereocenters. The third-order valence-corrected chi connectivity index (χ3v) is 9.76. The third kappa shape index (κ3) is 20.3. The number of halogens is 1. The van der Waals surface area contributed by atoms with Crippen molar-refractivity contribution in [3.05, 3.63) is 77.1 Å². The van der Waals surface area contributed by atoms with Crippen LogP contribution in [0.15, 0.2) is 54.6 Å². The van der Waals surface area contributed by atoms with Gasteiger partial charge in [-0.3, -0.25) is 0 Å². The molecule has 0 aliphatic rings. The van der Waals surface area contributed by atoms with Crippen LogP contribution in [0.3, 0.4) is 0 Å². The van der Waals surface area contributed by atoms with Crippen LogP contribution in [0.25, 0.3) is 11.1 Å². The minimum atomic E-state index is -1.62. The van der Waals surface area contributed by atoms with Crippen molar-refractivity contribution in [3.63, 3.8) is 0 Å². The summed E-state index contributed by atoms with van der Waals surface area (Å²) in [6.07, 6.45) is 8.71. The lowest BCUT2D eigenvalue weighted by atomic mass is 9.91. The minimum Gasteiger partial charge on any atom is -0.492 e. The molecule has 0 N–H and O–H groups in total. The summed E-state index contributed by atoms with van der Waals surface area (Å²) in [5.74, 6) is -4.82. The Morgan fingerprint density at radius 2 is 1.21 bits per heavy atom. The standard InChI is InChI=1S/C48H67FO14/c1-9-11-12-13-14-15-17-36-19-20-39(41(49)26-36)40-27-38(18-16-21-58-44(51)34(3)4)42(28-37(40)10-2)60-30-48(32-62-45(52)35(5)6,31-61-43(50)29-57-24-22-55-7)33-63-47(54)46(53)59-25-23-56-8/h19-20,26-28H,3,5,9-18,21-25,29-33H2,1-2,4,6-8H3. The van der Waals surface area contributed by atoms with Crippen molar-refractivity contribution in [2.75, 3.05) is 80.3 Å². The fraction of sp³-hybridized carbons (Fsp3) is 0.562. The fourth-order valence-electron chi connectivity index (χ4n) is 6.08. The molecule has 0 aromatic heterocycles. The molecule has 2 aromatic carbocycles. The normalized spacial score (nSPS) is 11.9. The first-order chi connectivity index (χ1) is 30.2. The molecule has 15 heteroatoms. The highest BCUT2D eigenvalue weighted by molar-refractivity contribution is 6.29. The molecule has 0 fully saturated rings. The van der Waals surface area contributed by atoms with Crippen molar-refractivity contribution in [2.24, 2.45) is 5.41 Å². The summed E-state index contributed by atoms with van der Waals surface area (Å²) in [7, 11) is 2.87. The number of rotatable bonds is 32. The van der Waals surface area contributed by atoms with Crippen LogP contribution in [-0.4, -0.2) is 110 Å². The van der Waals surface area contributed by atoms with Crippen molar-refractivity contribution in [3.8, 4) is 16.9 Å². The van der Waals surface area contributed by atoms with E-state index in [0.29, 0.717) is 41.7 Å². The number of aryl methyl sites for hydroxylation is 3. The summed E-state index contributed by atoms with van der Waals surface area (Å²) in [5.41, 5.74) is 2.02. The lowest BCUT2D eigenvalue weighted by molar-refractivity contribution is -0.176. The van der Waals surface area contributed by atoms with Gasteiger partial charge in [-0.05, 0) is 86.4 Å². The highest BCUT2D eigenvalue weighted by Gasteiger charge is 2.39. The number of esters is 5. The molecule has 0 aliphatic carbocycles. The number of methoxy groups -OCH3 is 2. The Morgan fingerprint density at radius 1 is 0.603 bits per heavy atom. The second kappa shape index (κ2) is 30.1. The molecule has 350 valence electrons. The summed E-state index contributed by atoms with van der Waals surface area (Å²) in [4.78, 5) is 63.0. The fourth-order valence-corrected chi connectivity index (χ4v) is 6.08. The van der Waals surface area contributed by atoms with E-state index in [1.54, 1.807) is 25.1 Å². The molecular weight excluding hydrogens is 820 g/mol. The molecule has 0 spiro atoms. The summed E-state index contributed by atoms with van der Waals surface area (Å²) in [6, 6.07) is 8.92. The smallest absolute Gasteiger partial charge is 0.417 e. The van der Waals surface area contributed by atoms with Gasteiger partial charge in [-0.2, -0.15) is 0 Å². The van der Waals surface area contributed by atoms with Crippen LogP contribution in [0.4, 0.5) is 4.39 Å². The van der Waals surface area contributed by atoms with Gasteiger partial charge in [0, 0.05) is 30.9 Å². The number of ether oxygens (including phenoxy) is 9. The monoisotopic (exact) mass is 886 g/mol. The molecule has 0 saturated heterocycles. The highest BCUT2D eigenvalue weighted by Crippen LogP contribution is 2.35. The molecule has 0 radical (unpaired) electrons. The minimum absolute atomic E-state index is 0.0322. The van der Waals surface area contributed by atoms with E-state index < -0.39 is 68.3 Å². The molecule has 63 heavy (non-hydrogen) atoms. The van der Waals surface area contributed by atoms with Gasteiger partial charge in [-0.1, -0.05) is 71.2 Å². The van der Waals surface area contributed by atoms with E-state index in [0.717, 1.165) is 36.8 Å². The van der Waals surface area contributed by atoms with Crippen molar-refractivity contribution < 1.29 is 71.0 Å². The SMILES string of the molecule is C=C(C)C(=O)OCCCc1cc(-c2ccc(CCCCCCCC)cc2F)c(CC)cc1OCC(COC(=O)COCCOC)(COC(=O)C(=C)C)COC(=O)C(=O)OCCOC. The zero-order chi connectivity index (χ0) is 46.6. The predicted octanol–water partition coefficient (Wildman–Crippen LogP) is 7.43. The van der Waals surface area contributed by atoms with Gasteiger partial charge in [0.2, 0.25) is 0 Å². The van der Waals surface area contributed by atoms with Crippen LogP contribution in [0.2, 0.25) is 0 Å². The molecular formula is C48H67FO14. The number of carbonyl (C=O) groups excluding carboxylic acids is 5. The number of benzene rings is 2. The average Bonchev–Trinajstić information content (AvgIpc) is 3.26. The molecule has 2 aromatic rings. The first kappa shape index (κ1) is 54.0. The Hall–Kier alpha value is -5.12. The summed E-state index contributed by atoms with van der Waals surface area (Å²) < 4.78 is 64.4. The lowest BCUT2D eigenvalue weighted by Crippen LogP contribution is -2.45. The quantitative estimate of drug-likeness (QED) is 0.0234. The zero-order valence-corrected chi connectivity index (χ0v) is 38.0. The molecule has 0 amide bonds. The first-order valence-corrected chi connectivity index (χ1v) is 21.5. The third-order valence-electron chi connectivity index (χ3n) is 9.76. The summed E-state index contributed by atoms with van der Waals surface area (Å²) >= 11 is 0. The molecule has 0 aliphatic heterocycles. The second-order valence-electron chi connectivity index (χ2n) is 15.4. The number of unbranched alkanes of at least 4 members (excludes halogenated alkanes) is 5. The molecule has 0 heterocycles. The molecule has 2 rings (SSSR count). The van der Waals surface area contributed by atoms with Crippen LogP contribution < -0.4 is 4.74 Å². The van der Waals surface area contributed by atoms with E-state index in [2.05, 4.69) is 20.1 Å². The Bertz CT molecular complexity index is 1810. The van der Waals surface area contributed by atoms with Gasteiger partial charge in [0.1, 0.15) is 56.6 Å². The van der Waals surface area contributed by atoms with E-state index in [-0.39, 0.29) is 50.0 Å². The zero-order valence-electron chi connectivity index (χ0n) is 38.0. The Labute approximate surface area is 371 Å². The van der Waals surface area contributed by atoms with Crippen LogP contribution in [0.1, 0.15) is 89.3 Å². The Morgan fingerprint density at radius 3 is 1.86 bits per heavy atom. The highest BCUT2D eigenvalue weighted by atomic mass is 19.1. The maximum atomic E-state index is 16.0. The Balaban J connectivity index is 2.60. The van der Waals surface area contributed by atoms with Crippen LogP contribution in [0.5, 0.6) is 5.75 Å². The first-order valence-electron chi connectivity index (χ1n) is 21.5. The van der Waals surface area contributed by atoms with Crippen LogP contribution in [-0.2, 0) is 81.1 Å². The van der Waals surface area contributed by atoms with Gasteiger partial charge in [-0.25, -0.2) is 28.4 Å². The van der Waals surface area contributed by atoms with E-state index in [4.69, 9.17) is 42.6 Å². The molecule has 1 unspecified atom stereocenters. The molecule has 14 nitrogen and oxygen atoms in total. The maximum Gasteiger partial charge on any atom is 0.417 e. The predicted molar refractivity (Wildman–Crippen MR) is 234 cm³/mol. The lowest BCUT2D eigenvalue weighted by Gasteiger charge is -2.32. The van der Waals surface area contributed by atoms with Gasteiger partial charge in [-0.15, -0.1) is 0 Å². The van der Waals surface area contributed by atoms with Gasteiger partial charge in [0.25, 0.3) is 0 Å². The van der Waals surface area contributed by atoms with Crippen molar-refractivity contribution >= 4 is 29.8 Å². The van der Waals surface area contributed by atoms with Crippen molar-refractivity contribution in [1.29, 1.82) is 0 Å². The van der Waals surface area contributed by atoms with Gasteiger partial charge >= 0.3 is 29.8 Å². The number of hydrogen-bond donors (Lipinski definition) is 0. The molecule has 0 saturated carbocycles. The van der Waals surface area contributed by atoms with Crippen LogP contribution >= 0.6 is 0 Å². The number of carbonyl (C=O) groups is 5. The number of hydrogen-bond acceptors (Lipinski definition) is 14. The second-order valence-corrected chi connectivity index (χ2v) is 15.4. The maximum absolute atomic E-state index is 16.0. The summed E-state index contributed by atoms with van der Waals surface area (Å²) in [6.45, 7) is 12.0. The van der Waals surface area contributed by atoms with Gasteiger partial charge in [0.05, 0.1) is 26.4 Å². The van der Waals surface area contributed by atoms with Crippen LogP contribution in [0, 0.1) is 11.2 Å². The average molecular weight is 887 g/mol. The van der Waals surface area contributed by atoms with Crippen molar-refractivity contribution in [2.45, 2.75) is 91.9 Å². The topological polar surface area (TPSA) is 168 Å². The Kier molecular flexibility index (Phi) is 25.8. The van der Waals surface area contributed by atoms with Gasteiger partial charge < -0.3 is 42.6 Å². The largest absolute Gasteiger partial charge is 0.492 e. The summed E-state index contributed by atoms with van der Waals surface area (Å²) in [5, 5.41) is 0. The van der Waals surface area contributed by atoms with Gasteiger partial charge in [0.15, 0.2) is 0 Å². The van der Waals surface area contributed by atoms with E-state index in [1.165, 1.54) is 40.4 Å². The molecule has 0 bridgehead atoms.